The van der Waals surface area contributed by atoms with E-state index in [-0.39, 0.29) is 6.04 Å². The number of hydrogen-bond donors (Lipinski definition) is 1. The molecule has 0 aliphatic carbocycles. The number of aryl methyl sites for hydroxylation is 1. The summed E-state index contributed by atoms with van der Waals surface area (Å²) in [6.45, 7) is 2.97. The van der Waals surface area contributed by atoms with E-state index in [1.165, 1.54) is 12.8 Å². The maximum absolute atomic E-state index is 6.22. The summed E-state index contributed by atoms with van der Waals surface area (Å²) in [4.78, 5) is 1.14. The molecule has 96 valence electrons. The minimum Gasteiger partial charge on any atom is -0.378 e. The SMILES string of the molecule is Cc1csc(C(N)CCCC2CCCO2)c1Cl. The standard InChI is InChI=1S/C13H20ClNOS/c1-9-8-17-13(12(9)14)11(15)6-2-4-10-5-3-7-16-10/h8,10-11H,2-7,15H2,1H3. The van der Waals surface area contributed by atoms with Gasteiger partial charge in [-0.3, -0.25) is 0 Å². The summed E-state index contributed by atoms with van der Waals surface area (Å²) in [5, 5.41) is 2.94. The van der Waals surface area contributed by atoms with Crippen LogP contribution in [0.2, 0.25) is 5.02 Å². The number of nitrogens with two attached hydrogens (primary N) is 1. The highest BCUT2D eigenvalue weighted by Crippen LogP contribution is 2.33. The molecular formula is C13H20ClNOS. The molecule has 4 heteroatoms. The molecule has 0 amide bonds. The van der Waals surface area contributed by atoms with Crippen molar-refractivity contribution in [3.8, 4) is 0 Å². The molecular weight excluding hydrogens is 254 g/mol. The molecule has 2 heterocycles. The largest absolute Gasteiger partial charge is 0.378 e. The highest BCUT2D eigenvalue weighted by Gasteiger charge is 2.17. The minimum atomic E-state index is 0.0857. The molecule has 1 fully saturated rings. The van der Waals surface area contributed by atoms with Gasteiger partial charge in [0.2, 0.25) is 0 Å². The Morgan fingerprint density at radius 2 is 2.47 bits per heavy atom. The normalized spacial score (nSPS) is 21.9. The van der Waals surface area contributed by atoms with Crippen molar-refractivity contribution in [3.05, 3.63) is 20.8 Å². The Labute approximate surface area is 112 Å². The van der Waals surface area contributed by atoms with Gasteiger partial charge < -0.3 is 10.5 Å². The summed E-state index contributed by atoms with van der Waals surface area (Å²) in [6.07, 6.45) is 6.16. The second-order valence-electron chi connectivity index (χ2n) is 4.77. The first-order valence-corrected chi connectivity index (χ1v) is 7.55. The van der Waals surface area contributed by atoms with E-state index in [9.17, 15) is 0 Å². The van der Waals surface area contributed by atoms with E-state index in [2.05, 4.69) is 5.38 Å². The Kier molecular flexibility index (Phi) is 4.86. The number of hydrogen-bond acceptors (Lipinski definition) is 3. The Hall–Kier alpha value is -0.0900. The Balaban J connectivity index is 1.76. The molecule has 2 atom stereocenters. The van der Waals surface area contributed by atoms with Crippen molar-refractivity contribution in [3.63, 3.8) is 0 Å². The number of halogens is 1. The van der Waals surface area contributed by atoms with Gasteiger partial charge in [-0.05, 0) is 50.0 Å². The topological polar surface area (TPSA) is 35.2 Å². The third kappa shape index (κ3) is 3.44. The van der Waals surface area contributed by atoms with Gasteiger partial charge in [0.05, 0.1) is 11.1 Å². The van der Waals surface area contributed by atoms with Crippen molar-refractivity contribution in [1.29, 1.82) is 0 Å². The molecule has 1 saturated heterocycles. The maximum atomic E-state index is 6.22. The fourth-order valence-corrected chi connectivity index (χ4v) is 3.64. The second kappa shape index (κ2) is 6.19. The summed E-state index contributed by atoms with van der Waals surface area (Å²) in [5.74, 6) is 0. The van der Waals surface area contributed by atoms with E-state index in [4.69, 9.17) is 22.1 Å². The van der Waals surface area contributed by atoms with Crippen LogP contribution in [0.25, 0.3) is 0 Å². The first-order valence-electron chi connectivity index (χ1n) is 6.29. The molecule has 0 aromatic carbocycles. The van der Waals surface area contributed by atoms with Crippen molar-refractivity contribution < 1.29 is 4.74 Å². The van der Waals surface area contributed by atoms with Gasteiger partial charge in [0.15, 0.2) is 0 Å². The quantitative estimate of drug-likeness (QED) is 0.878. The van der Waals surface area contributed by atoms with Crippen LogP contribution < -0.4 is 5.73 Å². The second-order valence-corrected chi connectivity index (χ2v) is 6.06. The molecule has 2 rings (SSSR count). The first-order chi connectivity index (χ1) is 8.18. The van der Waals surface area contributed by atoms with Crippen LogP contribution in [0.15, 0.2) is 5.38 Å². The van der Waals surface area contributed by atoms with E-state index >= 15 is 0 Å². The van der Waals surface area contributed by atoms with Crippen LogP contribution in [0, 0.1) is 6.92 Å². The van der Waals surface area contributed by atoms with E-state index in [0.29, 0.717) is 6.10 Å². The summed E-state index contributed by atoms with van der Waals surface area (Å²) in [6, 6.07) is 0.0857. The van der Waals surface area contributed by atoms with Gasteiger partial charge in [-0.2, -0.15) is 0 Å². The Morgan fingerprint density at radius 3 is 3.06 bits per heavy atom. The molecule has 2 unspecified atom stereocenters. The zero-order valence-corrected chi connectivity index (χ0v) is 11.8. The molecule has 1 aromatic rings. The highest BCUT2D eigenvalue weighted by atomic mass is 35.5. The van der Waals surface area contributed by atoms with Crippen LogP contribution >= 0.6 is 22.9 Å². The predicted molar refractivity (Wildman–Crippen MR) is 73.8 cm³/mol. The van der Waals surface area contributed by atoms with E-state index < -0.39 is 0 Å². The van der Waals surface area contributed by atoms with E-state index in [0.717, 1.165) is 41.3 Å². The van der Waals surface area contributed by atoms with Gasteiger partial charge in [-0.1, -0.05) is 11.6 Å². The zero-order chi connectivity index (χ0) is 12.3. The van der Waals surface area contributed by atoms with E-state index in [1.54, 1.807) is 11.3 Å². The number of rotatable bonds is 5. The van der Waals surface area contributed by atoms with E-state index in [1.807, 2.05) is 6.92 Å². The molecule has 17 heavy (non-hydrogen) atoms. The van der Waals surface area contributed by atoms with Crippen LogP contribution in [0.3, 0.4) is 0 Å². The third-order valence-corrected chi connectivity index (χ3v) is 5.17. The zero-order valence-electron chi connectivity index (χ0n) is 10.2. The Bertz CT molecular complexity index is 360. The lowest BCUT2D eigenvalue weighted by molar-refractivity contribution is 0.101. The van der Waals surface area contributed by atoms with Crippen LogP contribution in [-0.4, -0.2) is 12.7 Å². The molecule has 0 bridgehead atoms. The van der Waals surface area contributed by atoms with Gasteiger partial charge >= 0.3 is 0 Å². The van der Waals surface area contributed by atoms with Crippen LogP contribution in [0.4, 0.5) is 0 Å². The van der Waals surface area contributed by atoms with Crippen LogP contribution in [0.1, 0.15) is 48.6 Å². The van der Waals surface area contributed by atoms with Gasteiger partial charge in [0.25, 0.3) is 0 Å². The smallest absolute Gasteiger partial charge is 0.0590 e. The lowest BCUT2D eigenvalue weighted by Crippen LogP contribution is -2.11. The number of ether oxygens (including phenoxy) is 1. The lowest BCUT2D eigenvalue weighted by Gasteiger charge is -2.13. The average Bonchev–Trinajstić information content (AvgIpc) is 2.91. The first kappa shape index (κ1) is 13.3. The molecule has 2 N–H and O–H groups in total. The molecule has 1 aliphatic rings. The van der Waals surface area contributed by atoms with Gasteiger partial charge in [0, 0.05) is 17.5 Å². The van der Waals surface area contributed by atoms with Crippen molar-refractivity contribution in [1.82, 2.24) is 0 Å². The van der Waals surface area contributed by atoms with Crippen molar-refractivity contribution in [2.75, 3.05) is 6.61 Å². The fraction of sp³-hybridized carbons (Fsp3) is 0.692. The summed E-state index contributed by atoms with van der Waals surface area (Å²) in [7, 11) is 0. The highest BCUT2D eigenvalue weighted by molar-refractivity contribution is 7.10. The third-order valence-electron chi connectivity index (χ3n) is 3.33. The molecule has 1 aromatic heterocycles. The van der Waals surface area contributed by atoms with Crippen molar-refractivity contribution in [2.45, 2.75) is 51.2 Å². The Morgan fingerprint density at radius 1 is 1.65 bits per heavy atom. The van der Waals surface area contributed by atoms with Crippen LogP contribution in [0.5, 0.6) is 0 Å². The molecule has 0 spiro atoms. The average molecular weight is 274 g/mol. The molecule has 1 aliphatic heterocycles. The lowest BCUT2D eigenvalue weighted by atomic mass is 10.0. The molecule has 0 radical (unpaired) electrons. The maximum Gasteiger partial charge on any atom is 0.0590 e. The number of thiophene rings is 1. The molecule has 0 saturated carbocycles. The summed E-state index contributed by atoms with van der Waals surface area (Å²) in [5.41, 5.74) is 7.32. The van der Waals surface area contributed by atoms with Crippen molar-refractivity contribution in [2.24, 2.45) is 5.73 Å². The van der Waals surface area contributed by atoms with Gasteiger partial charge in [0.1, 0.15) is 0 Å². The fourth-order valence-electron chi connectivity index (χ4n) is 2.27. The predicted octanol–water partition coefficient (Wildman–Crippen LogP) is 4.06. The summed E-state index contributed by atoms with van der Waals surface area (Å²) < 4.78 is 5.60. The monoisotopic (exact) mass is 273 g/mol. The van der Waals surface area contributed by atoms with Crippen LogP contribution in [-0.2, 0) is 4.74 Å². The van der Waals surface area contributed by atoms with Gasteiger partial charge in [-0.25, -0.2) is 0 Å². The minimum absolute atomic E-state index is 0.0857. The summed E-state index contributed by atoms with van der Waals surface area (Å²) >= 11 is 7.89. The van der Waals surface area contributed by atoms with Gasteiger partial charge in [-0.15, -0.1) is 11.3 Å². The van der Waals surface area contributed by atoms with Crippen molar-refractivity contribution >= 4 is 22.9 Å². The molecule has 2 nitrogen and oxygen atoms in total.